The summed E-state index contributed by atoms with van der Waals surface area (Å²) in [4.78, 5) is 0. The standard InChI is InChI=1S/C17H35NO/c1-6-12-18-16(10-11-17(3,4)19-5)15-9-8-14(7-2)13-15/h14-16,18H,6-13H2,1-5H3. The van der Waals surface area contributed by atoms with Crippen molar-refractivity contribution >= 4 is 0 Å². The van der Waals surface area contributed by atoms with E-state index in [9.17, 15) is 0 Å². The van der Waals surface area contributed by atoms with Gasteiger partial charge < -0.3 is 10.1 Å². The first kappa shape index (κ1) is 17.0. The number of nitrogens with one attached hydrogen (secondary N) is 1. The molecule has 0 spiro atoms. The molecule has 19 heavy (non-hydrogen) atoms. The molecule has 0 heterocycles. The highest BCUT2D eigenvalue weighted by Gasteiger charge is 2.30. The van der Waals surface area contributed by atoms with E-state index in [-0.39, 0.29) is 5.60 Å². The third-order valence-electron chi connectivity index (χ3n) is 4.99. The Labute approximate surface area is 120 Å². The first-order valence-electron chi connectivity index (χ1n) is 8.31. The maximum Gasteiger partial charge on any atom is 0.0623 e. The summed E-state index contributed by atoms with van der Waals surface area (Å²) in [7, 11) is 1.83. The normalized spacial score (nSPS) is 25.7. The van der Waals surface area contributed by atoms with Crippen molar-refractivity contribution < 1.29 is 4.74 Å². The van der Waals surface area contributed by atoms with E-state index in [1.165, 1.54) is 38.5 Å². The fraction of sp³-hybridized carbons (Fsp3) is 1.00. The lowest BCUT2D eigenvalue weighted by Gasteiger charge is -2.30. The molecule has 1 aliphatic rings. The Morgan fingerprint density at radius 2 is 2.00 bits per heavy atom. The van der Waals surface area contributed by atoms with Crippen LogP contribution in [0.3, 0.4) is 0 Å². The SMILES string of the molecule is CCCNC(CCC(C)(C)OC)C1CCC(CC)C1. The average molecular weight is 269 g/mol. The van der Waals surface area contributed by atoms with E-state index < -0.39 is 0 Å². The first-order chi connectivity index (χ1) is 9.02. The number of hydrogen-bond acceptors (Lipinski definition) is 2. The van der Waals surface area contributed by atoms with Crippen molar-refractivity contribution in [2.45, 2.75) is 84.3 Å². The van der Waals surface area contributed by atoms with E-state index in [1.807, 2.05) is 7.11 Å². The summed E-state index contributed by atoms with van der Waals surface area (Å²) in [5.41, 5.74) is 0.0227. The van der Waals surface area contributed by atoms with E-state index in [0.717, 1.165) is 24.8 Å². The lowest BCUT2D eigenvalue weighted by Crippen LogP contribution is -2.38. The fourth-order valence-electron chi connectivity index (χ4n) is 3.29. The van der Waals surface area contributed by atoms with Crippen molar-refractivity contribution in [1.82, 2.24) is 5.32 Å². The second-order valence-electron chi connectivity index (χ2n) is 6.91. The van der Waals surface area contributed by atoms with E-state index in [4.69, 9.17) is 4.74 Å². The van der Waals surface area contributed by atoms with Crippen LogP contribution < -0.4 is 5.32 Å². The zero-order valence-corrected chi connectivity index (χ0v) is 13.8. The van der Waals surface area contributed by atoms with Crippen LogP contribution >= 0.6 is 0 Å². The molecular formula is C17H35NO. The van der Waals surface area contributed by atoms with E-state index in [0.29, 0.717) is 6.04 Å². The topological polar surface area (TPSA) is 21.3 Å². The maximum atomic E-state index is 5.57. The van der Waals surface area contributed by atoms with Crippen LogP contribution in [0.1, 0.15) is 72.6 Å². The molecular weight excluding hydrogens is 234 g/mol. The smallest absolute Gasteiger partial charge is 0.0623 e. The molecule has 0 aliphatic heterocycles. The van der Waals surface area contributed by atoms with E-state index in [2.05, 4.69) is 33.0 Å². The van der Waals surface area contributed by atoms with E-state index >= 15 is 0 Å². The van der Waals surface area contributed by atoms with Crippen LogP contribution in [0.4, 0.5) is 0 Å². The Hall–Kier alpha value is -0.0800. The largest absolute Gasteiger partial charge is 0.379 e. The molecule has 0 aromatic rings. The second-order valence-corrected chi connectivity index (χ2v) is 6.91. The summed E-state index contributed by atoms with van der Waals surface area (Å²) in [5.74, 6) is 1.87. The zero-order valence-electron chi connectivity index (χ0n) is 13.8. The van der Waals surface area contributed by atoms with Crippen LogP contribution in [0.2, 0.25) is 0 Å². The Balaban J connectivity index is 2.47. The van der Waals surface area contributed by atoms with Crippen LogP contribution in [0, 0.1) is 11.8 Å². The summed E-state index contributed by atoms with van der Waals surface area (Å²) in [6.45, 7) is 10.2. The number of rotatable bonds is 9. The van der Waals surface area contributed by atoms with Gasteiger partial charge in [0.25, 0.3) is 0 Å². The molecule has 1 rings (SSSR count). The Morgan fingerprint density at radius 3 is 2.53 bits per heavy atom. The van der Waals surface area contributed by atoms with Crippen molar-refractivity contribution in [1.29, 1.82) is 0 Å². The molecule has 1 fully saturated rings. The Morgan fingerprint density at radius 1 is 1.26 bits per heavy atom. The second kappa shape index (κ2) is 8.26. The lowest BCUT2D eigenvalue weighted by atomic mass is 9.89. The maximum absolute atomic E-state index is 5.57. The monoisotopic (exact) mass is 269 g/mol. The van der Waals surface area contributed by atoms with Gasteiger partial charge in [-0.2, -0.15) is 0 Å². The fourth-order valence-corrected chi connectivity index (χ4v) is 3.29. The molecule has 0 aromatic heterocycles. The summed E-state index contributed by atoms with van der Waals surface area (Å²) >= 11 is 0. The molecule has 1 N–H and O–H groups in total. The van der Waals surface area contributed by atoms with Crippen LogP contribution in [0.25, 0.3) is 0 Å². The van der Waals surface area contributed by atoms with Gasteiger partial charge in [-0.3, -0.25) is 0 Å². The lowest BCUT2D eigenvalue weighted by molar-refractivity contribution is 0.0102. The van der Waals surface area contributed by atoms with Gasteiger partial charge in [-0.05, 0) is 64.3 Å². The van der Waals surface area contributed by atoms with Crippen molar-refractivity contribution in [3.63, 3.8) is 0 Å². The van der Waals surface area contributed by atoms with Crippen molar-refractivity contribution in [3.8, 4) is 0 Å². The van der Waals surface area contributed by atoms with Gasteiger partial charge in [-0.1, -0.05) is 26.7 Å². The molecule has 1 aliphatic carbocycles. The van der Waals surface area contributed by atoms with Gasteiger partial charge >= 0.3 is 0 Å². The molecule has 0 radical (unpaired) electrons. The van der Waals surface area contributed by atoms with Gasteiger partial charge in [0.05, 0.1) is 5.60 Å². The molecule has 0 bridgehead atoms. The zero-order chi connectivity index (χ0) is 14.3. The van der Waals surface area contributed by atoms with Gasteiger partial charge in [0.2, 0.25) is 0 Å². The minimum absolute atomic E-state index is 0.0227. The summed E-state index contributed by atoms with van der Waals surface area (Å²) in [5, 5.41) is 3.80. The summed E-state index contributed by atoms with van der Waals surface area (Å²) < 4.78 is 5.57. The van der Waals surface area contributed by atoms with Gasteiger partial charge in [0, 0.05) is 13.2 Å². The van der Waals surface area contributed by atoms with Crippen LogP contribution in [0.15, 0.2) is 0 Å². The molecule has 3 atom stereocenters. The highest BCUT2D eigenvalue weighted by molar-refractivity contribution is 4.86. The van der Waals surface area contributed by atoms with Gasteiger partial charge in [-0.15, -0.1) is 0 Å². The average Bonchev–Trinajstić information content (AvgIpc) is 2.87. The Bertz CT molecular complexity index is 239. The Kier molecular flexibility index (Phi) is 7.38. The third-order valence-corrected chi connectivity index (χ3v) is 4.99. The summed E-state index contributed by atoms with van der Waals surface area (Å²) in [6.07, 6.45) is 9.30. The van der Waals surface area contributed by atoms with Crippen LogP contribution in [0.5, 0.6) is 0 Å². The van der Waals surface area contributed by atoms with Crippen molar-refractivity contribution in [2.24, 2.45) is 11.8 Å². The molecule has 3 unspecified atom stereocenters. The molecule has 0 saturated heterocycles. The molecule has 0 aromatic carbocycles. The molecule has 2 nitrogen and oxygen atoms in total. The number of hydrogen-bond donors (Lipinski definition) is 1. The highest BCUT2D eigenvalue weighted by Crippen LogP contribution is 2.36. The molecule has 1 saturated carbocycles. The van der Waals surface area contributed by atoms with Crippen LogP contribution in [-0.2, 0) is 4.74 Å². The predicted octanol–water partition coefficient (Wildman–Crippen LogP) is 4.39. The first-order valence-corrected chi connectivity index (χ1v) is 8.31. The molecule has 2 heteroatoms. The highest BCUT2D eigenvalue weighted by atomic mass is 16.5. The third kappa shape index (κ3) is 5.83. The predicted molar refractivity (Wildman–Crippen MR) is 83.5 cm³/mol. The number of ether oxygens (including phenoxy) is 1. The van der Waals surface area contributed by atoms with Crippen molar-refractivity contribution in [2.75, 3.05) is 13.7 Å². The quantitative estimate of drug-likeness (QED) is 0.670. The molecule has 114 valence electrons. The van der Waals surface area contributed by atoms with Gasteiger partial charge in [0.1, 0.15) is 0 Å². The minimum atomic E-state index is 0.0227. The summed E-state index contributed by atoms with van der Waals surface area (Å²) in [6, 6.07) is 0.700. The molecule has 0 amide bonds. The van der Waals surface area contributed by atoms with Gasteiger partial charge in [0.15, 0.2) is 0 Å². The number of methoxy groups -OCH3 is 1. The van der Waals surface area contributed by atoms with Gasteiger partial charge in [-0.25, -0.2) is 0 Å². The van der Waals surface area contributed by atoms with E-state index in [1.54, 1.807) is 0 Å². The minimum Gasteiger partial charge on any atom is -0.379 e. The van der Waals surface area contributed by atoms with Crippen molar-refractivity contribution in [3.05, 3.63) is 0 Å². The van der Waals surface area contributed by atoms with Crippen LogP contribution in [-0.4, -0.2) is 25.3 Å².